The Kier molecular flexibility index (Phi) is 3.23. The summed E-state index contributed by atoms with van der Waals surface area (Å²) in [6.45, 7) is 2.00. The first-order valence-electron chi connectivity index (χ1n) is 5.42. The fraction of sp³-hybridized carbons (Fsp3) is 0.154. The molecule has 0 unspecified atom stereocenters. The fourth-order valence-corrected chi connectivity index (χ4v) is 1.60. The molecule has 0 atom stereocenters. The van der Waals surface area contributed by atoms with Crippen molar-refractivity contribution in [1.82, 2.24) is 5.32 Å². The van der Waals surface area contributed by atoms with Crippen molar-refractivity contribution >= 4 is 5.91 Å². The average molecular weight is 247 g/mol. The Morgan fingerprint density at radius 1 is 1.22 bits per heavy atom. The first-order valence-corrected chi connectivity index (χ1v) is 5.42. The predicted octanol–water partition coefficient (Wildman–Crippen LogP) is 1.93. The lowest BCUT2D eigenvalue weighted by atomic mass is 10.1. The van der Waals surface area contributed by atoms with E-state index in [1.807, 2.05) is 0 Å². The molecule has 1 amide bonds. The first-order chi connectivity index (χ1) is 8.58. The summed E-state index contributed by atoms with van der Waals surface area (Å²) in [7, 11) is 0. The van der Waals surface area contributed by atoms with E-state index in [1.54, 1.807) is 19.1 Å². The Morgan fingerprint density at radius 3 is 2.44 bits per heavy atom. The number of hydrogen-bond acceptors (Lipinski definition) is 4. The number of furan rings is 1. The number of amides is 1. The van der Waals surface area contributed by atoms with E-state index in [9.17, 15) is 15.0 Å². The van der Waals surface area contributed by atoms with E-state index >= 15 is 0 Å². The number of phenols is 2. The van der Waals surface area contributed by atoms with Gasteiger partial charge in [0.05, 0.1) is 6.54 Å². The maximum atomic E-state index is 11.8. The van der Waals surface area contributed by atoms with Crippen molar-refractivity contribution in [2.45, 2.75) is 13.5 Å². The number of nitrogens with one attached hydrogen (secondary N) is 1. The van der Waals surface area contributed by atoms with Gasteiger partial charge in [-0.25, -0.2) is 0 Å². The van der Waals surface area contributed by atoms with Crippen LogP contribution >= 0.6 is 0 Å². The number of aryl methyl sites for hydroxylation is 1. The van der Waals surface area contributed by atoms with E-state index in [1.165, 1.54) is 18.2 Å². The van der Waals surface area contributed by atoms with Gasteiger partial charge in [0.1, 0.15) is 28.6 Å². The van der Waals surface area contributed by atoms with Crippen LogP contribution in [-0.4, -0.2) is 16.1 Å². The highest BCUT2D eigenvalue weighted by atomic mass is 16.3. The van der Waals surface area contributed by atoms with Crippen molar-refractivity contribution < 1.29 is 19.4 Å². The SMILES string of the molecule is Cc1ccc(CNC(=O)c2c(O)cccc2O)o1. The molecule has 2 rings (SSSR count). The minimum Gasteiger partial charge on any atom is -0.507 e. The fourth-order valence-electron chi connectivity index (χ4n) is 1.60. The molecule has 1 aromatic heterocycles. The highest BCUT2D eigenvalue weighted by molar-refractivity contribution is 5.99. The van der Waals surface area contributed by atoms with Gasteiger partial charge in [0.25, 0.3) is 5.91 Å². The molecule has 0 saturated carbocycles. The van der Waals surface area contributed by atoms with Crippen LogP contribution in [0, 0.1) is 6.92 Å². The van der Waals surface area contributed by atoms with Crippen LogP contribution in [0.15, 0.2) is 34.7 Å². The number of hydrogen-bond donors (Lipinski definition) is 3. The minimum absolute atomic E-state index is 0.138. The number of phenolic OH excluding ortho intramolecular Hbond substituents is 2. The zero-order valence-corrected chi connectivity index (χ0v) is 9.80. The number of carbonyl (C=O) groups is 1. The molecule has 0 radical (unpaired) electrons. The van der Waals surface area contributed by atoms with Gasteiger partial charge >= 0.3 is 0 Å². The summed E-state index contributed by atoms with van der Waals surface area (Å²) in [6.07, 6.45) is 0. The maximum Gasteiger partial charge on any atom is 0.259 e. The number of aromatic hydroxyl groups is 2. The van der Waals surface area contributed by atoms with Crippen molar-refractivity contribution in [3.05, 3.63) is 47.4 Å². The Balaban J connectivity index is 2.08. The molecule has 5 heteroatoms. The molecular formula is C13H13NO4. The lowest BCUT2D eigenvalue weighted by molar-refractivity contribution is 0.0942. The molecule has 1 aromatic carbocycles. The third kappa shape index (κ3) is 2.45. The summed E-state index contributed by atoms with van der Waals surface area (Å²) in [4.78, 5) is 11.8. The monoisotopic (exact) mass is 247 g/mol. The van der Waals surface area contributed by atoms with E-state index < -0.39 is 5.91 Å². The van der Waals surface area contributed by atoms with Gasteiger partial charge in [-0.1, -0.05) is 6.07 Å². The van der Waals surface area contributed by atoms with E-state index in [-0.39, 0.29) is 23.6 Å². The van der Waals surface area contributed by atoms with Crippen LogP contribution in [0.2, 0.25) is 0 Å². The van der Waals surface area contributed by atoms with E-state index in [0.29, 0.717) is 5.76 Å². The summed E-state index contributed by atoms with van der Waals surface area (Å²) in [5.74, 6) is 0.284. The van der Waals surface area contributed by atoms with Crippen LogP contribution in [0.4, 0.5) is 0 Å². The van der Waals surface area contributed by atoms with Gasteiger partial charge in [0.15, 0.2) is 0 Å². The van der Waals surface area contributed by atoms with Gasteiger partial charge in [-0.3, -0.25) is 4.79 Å². The van der Waals surface area contributed by atoms with Crippen LogP contribution in [0.5, 0.6) is 11.5 Å². The molecule has 3 N–H and O–H groups in total. The highest BCUT2D eigenvalue weighted by Gasteiger charge is 2.15. The lowest BCUT2D eigenvalue weighted by Gasteiger charge is -2.07. The zero-order chi connectivity index (χ0) is 13.1. The van der Waals surface area contributed by atoms with Crippen LogP contribution in [0.1, 0.15) is 21.9 Å². The van der Waals surface area contributed by atoms with Crippen LogP contribution < -0.4 is 5.32 Å². The van der Waals surface area contributed by atoms with Crippen LogP contribution in [0.3, 0.4) is 0 Å². The van der Waals surface area contributed by atoms with Crippen molar-refractivity contribution in [3.8, 4) is 11.5 Å². The molecule has 5 nitrogen and oxygen atoms in total. The molecule has 0 fully saturated rings. The van der Waals surface area contributed by atoms with Gasteiger partial charge < -0.3 is 19.9 Å². The normalized spacial score (nSPS) is 10.3. The number of benzene rings is 1. The topological polar surface area (TPSA) is 82.7 Å². The quantitative estimate of drug-likeness (QED) is 0.774. The number of carbonyl (C=O) groups excluding carboxylic acids is 1. The summed E-state index contributed by atoms with van der Waals surface area (Å²) in [6, 6.07) is 7.67. The second kappa shape index (κ2) is 4.83. The average Bonchev–Trinajstić information content (AvgIpc) is 2.72. The Bertz CT molecular complexity index is 554. The molecule has 2 aromatic rings. The zero-order valence-electron chi connectivity index (χ0n) is 9.80. The molecule has 0 aliphatic heterocycles. The highest BCUT2D eigenvalue weighted by Crippen LogP contribution is 2.25. The van der Waals surface area contributed by atoms with Gasteiger partial charge in [-0.2, -0.15) is 0 Å². The van der Waals surface area contributed by atoms with Crippen LogP contribution in [-0.2, 0) is 6.54 Å². The van der Waals surface area contributed by atoms with E-state index in [2.05, 4.69) is 5.32 Å². The summed E-state index contributed by atoms with van der Waals surface area (Å²) in [5.41, 5.74) is -0.138. The Hall–Kier alpha value is -2.43. The molecule has 0 aliphatic rings. The lowest BCUT2D eigenvalue weighted by Crippen LogP contribution is -2.22. The molecule has 94 valence electrons. The summed E-state index contributed by atoms with van der Waals surface area (Å²) < 4.78 is 5.29. The molecule has 1 heterocycles. The first kappa shape index (κ1) is 12.0. The van der Waals surface area contributed by atoms with E-state index in [0.717, 1.165) is 5.76 Å². The predicted molar refractivity (Wildman–Crippen MR) is 64.4 cm³/mol. The van der Waals surface area contributed by atoms with Crippen molar-refractivity contribution in [2.24, 2.45) is 0 Å². The Morgan fingerprint density at radius 2 is 1.89 bits per heavy atom. The third-order valence-electron chi connectivity index (χ3n) is 2.47. The van der Waals surface area contributed by atoms with Gasteiger partial charge in [0.2, 0.25) is 0 Å². The third-order valence-corrected chi connectivity index (χ3v) is 2.47. The van der Waals surface area contributed by atoms with E-state index in [4.69, 9.17) is 4.42 Å². The summed E-state index contributed by atoms with van der Waals surface area (Å²) in [5, 5.41) is 21.6. The second-order valence-electron chi connectivity index (χ2n) is 3.87. The van der Waals surface area contributed by atoms with Crippen molar-refractivity contribution in [3.63, 3.8) is 0 Å². The van der Waals surface area contributed by atoms with Crippen molar-refractivity contribution in [1.29, 1.82) is 0 Å². The minimum atomic E-state index is -0.556. The molecular weight excluding hydrogens is 234 g/mol. The molecule has 0 bridgehead atoms. The van der Waals surface area contributed by atoms with Crippen molar-refractivity contribution in [2.75, 3.05) is 0 Å². The smallest absolute Gasteiger partial charge is 0.259 e. The molecule has 18 heavy (non-hydrogen) atoms. The summed E-state index contributed by atoms with van der Waals surface area (Å²) >= 11 is 0. The molecule has 0 spiro atoms. The van der Waals surface area contributed by atoms with Gasteiger partial charge in [-0.15, -0.1) is 0 Å². The number of rotatable bonds is 3. The standard InChI is InChI=1S/C13H13NO4/c1-8-5-6-9(18-8)7-14-13(17)12-10(15)3-2-4-11(12)16/h2-6,15-16H,7H2,1H3,(H,14,17). The van der Waals surface area contributed by atoms with Gasteiger partial charge in [-0.05, 0) is 31.2 Å². The molecule has 0 saturated heterocycles. The Labute approximate surface area is 104 Å². The van der Waals surface area contributed by atoms with Crippen LogP contribution in [0.25, 0.3) is 0 Å². The second-order valence-corrected chi connectivity index (χ2v) is 3.87. The van der Waals surface area contributed by atoms with Gasteiger partial charge in [0, 0.05) is 0 Å². The maximum absolute atomic E-state index is 11.8. The largest absolute Gasteiger partial charge is 0.507 e. The molecule has 0 aliphatic carbocycles.